The van der Waals surface area contributed by atoms with Crippen molar-refractivity contribution in [3.8, 4) is 0 Å². The molecule has 0 aliphatic heterocycles. The summed E-state index contributed by atoms with van der Waals surface area (Å²) in [5.41, 5.74) is 4.60. The SMILES string of the molecule is Cc1cccc2[nH]c(Cc3ccncc3)nc12. The van der Waals surface area contributed by atoms with Gasteiger partial charge in [0, 0.05) is 18.8 Å². The Kier molecular flexibility index (Phi) is 2.37. The molecule has 0 unspecified atom stereocenters. The molecule has 0 aliphatic carbocycles. The Labute approximate surface area is 99.5 Å². The molecule has 2 heterocycles. The summed E-state index contributed by atoms with van der Waals surface area (Å²) in [4.78, 5) is 12.0. The first kappa shape index (κ1) is 10.0. The summed E-state index contributed by atoms with van der Waals surface area (Å²) in [7, 11) is 0. The summed E-state index contributed by atoms with van der Waals surface area (Å²) in [6.07, 6.45) is 4.43. The average Bonchev–Trinajstić information content (AvgIpc) is 2.74. The smallest absolute Gasteiger partial charge is 0.111 e. The van der Waals surface area contributed by atoms with Crippen molar-refractivity contribution in [1.82, 2.24) is 15.0 Å². The summed E-state index contributed by atoms with van der Waals surface area (Å²) in [6.45, 7) is 2.08. The van der Waals surface area contributed by atoms with Crippen molar-refractivity contribution in [2.24, 2.45) is 0 Å². The predicted molar refractivity (Wildman–Crippen MR) is 67.9 cm³/mol. The first-order chi connectivity index (χ1) is 8.33. The molecule has 0 spiro atoms. The number of rotatable bonds is 2. The number of aryl methyl sites for hydroxylation is 1. The van der Waals surface area contributed by atoms with E-state index in [9.17, 15) is 0 Å². The maximum atomic E-state index is 4.63. The van der Waals surface area contributed by atoms with Crippen LogP contribution < -0.4 is 0 Å². The van der Waals surface area contributed by atoms with E-state index in [1.54, 1.807) is 0 Å². The largest absolute Gasteiger partial charge is 0.342 e. The second-order valence-corrected chi connectivity index (χ2v) is 4.19. The maximum Gasteiger partial charge on any atom is 0.111 e. The van der Waals surface area contributed by atoms with Crippen LogP contribution in [0.1, 0.15) is 17.0 Å². The molecule has 0 bridgehead atoms. The van der Waals surface area contributed by atoms with E-state index in [2.05, 4.69) is 34.0 Å². The number of hydrogen-bond donors (Lipinski definition) is 1. The number of nitrogens with zero attached hydrogens (tertiary/aromatic N) is 2. The van der Waals surface area contributed by atoms with Crippen LogP contribution in [-0.2, 0) is 6.42 Å². The molecule has 3 nitrogen and oxygen atoms in total. The molecule has 3 aromatic rings. The fourth-order valence-electron chi connectivity index (χ4n) is 2.00. The highest BCUT2D eigenvalue weighted by Crippen LogP contribution is 2.16. The van der Waals surface area contributed by atoms with E-state index >= 15 is 0 Å². The van der Waals surface area contributed by atoms with E-state index in [1.165, 1.54) is 11.1 Å². The Hall–Kier alpha value is -2.16. The number of H-pyrrole nitrogens is 1. The lowest BCUT2D eigenvalue weighted by Crippen LogP contribution is -1.90. The second kappa shape index (κ2) is 4.01. The number of benzene rings is 1. The number of aromatic nitrogens is 3. The van der Waals surface area contributed by atoms with Crippen LogP contribution in [0.3, 0.4) is 0 Å². The van der Waals surface area contributed by atoms with Crippen molar-refractivity contribution in [2.45, 2.75) is 13.3 Å². The number of pyridine rings is 1. The summed E-state index contributed by atoms with van der Waals surface area (Å²) in [6, 6.07) is 10.2. The minimum absolute atomic E-state index is 0.816. The summed E-state index contributed by atoms with van der Waals surface area (Å²) in [5.74, 6) is 1.00. The van der Waals surface area contributed by atoms with Gasteiger partial charge in [-0.3, -0.25) is 4.98 Å². The first-order valence-corrected chi connectivity index (χ1v) is 5.66. The number of hydrogen-bond acceptors (Lipinski definition) is 2. The Bertz CT molecular complexity index is 641. The molecule has 0 atom stereocenters. The Morgan fingerprint density at radius 1 is 1.12 bits per heavy atom. The van der Waals surface area contributed by atoms with Crippen LogP contribution in [0.15, 0.2) is 42.7 Å². The Morgan fingerprint density at radius 3 is 2.71 bits per heavy atom. The molecule has 0 amide bonds. The zero-order chi connectivity index (χ0) is 11.7. The van der Waals surface area contributed by atoms with Gasteiger partial charge in [-0.25, -0.2) is 4.98 Å². The Balaban J connectivity index is 1.99. The van der Waals surface area contributed by atoms with Gasteiger partial charge < -0.3 is 4.98 Å². The van der Waals surface area contributed by atoms with Gasteiger partial charge in [0.25, 0.3) is 0 Å². The van der Waals surface area contributed by atoms with Gasteiger partial charge in [-0.15, -0.1) is 0 Å². The lowest BCUT2D eigenvalue weighted by Gasteiger charge is -1.95. The molecule has 2 aromatic heterocycles. The van der Waals surface area contributed by atoms with Crippen LogP contribution in [-0.4, -0.2) is 15.0 Å². The molecular formula is C14H13N3. The molecule has 1 N–H and O–H groups in total. The van der Waals surface area contributed by atoms with E-state index < -0.39 is 0 Å². The Morgan fingerprint density at radius 2 is 1.94 bits per heavy atom. The highest BCUT2D eigenvalue weighted by molar-refractivity contribution is 5.78. The van der Waals surface area contributed by atoms with E-state index in [0.29, 0.717) is 0 Å². The van der Waals surface area contributed by atoms with Crippen molar-refractivity contribution < 1.29 is 0 Å². The van der Waals surface area contributed by atoms with Crippen LogP contribution in [0, 0.1) is 6.92 Å². The topological polar surface area (TPSA) is 41.6 Å². The van der Waals surface area contributed by atoms with Gasteiger partial charge in [0.2, 0.25) is 0 Å². The lowest BCUT2D eigenvalue weighted by atomic mass is 10.2. The first-order valence-electron chi connectivity index (χ1n) is 5.66. The number of para-hydroxylation sites is 1. The molecule has 3 heteroatoms. The normalized spacial score (nSPS) is 10.9. The minimum atomic E-state index is 0.816. The monoisotopic (exact) mass is 223 g/mol. The summed E-state index contributed by atoms with van der Waals surface area (Å²) < 4.78 is 0. The summed E-state index contributed by atoms with van der Waals surface area (Å²) >= 11 is 0. The molecule has 3 rings (SSSR count). The molecular weight excluding hydrogens is 210 g/mol. The molecule has 0 radical (unpaired) electrons. The van der Waals surface area contributed by atoms with Crippen molar-refractivity contribution in [2.75, 3.05) is 0 Å². The van der Waals surface area contributed by atoms with Crippen LogP contribution in [0.25, 0.3) is 11.0 Å². The van der Waals surface area contributed by atoms with Crippen LogP contribution in [0.5, 0.6) is 0 Å². The molecule has 0 saturated carbocycles. The van der Waals surface area contributed by atoms with Gasteiger partial charge in [0.15, 0.2) is 0 Å². The highest BCUT2D eigenvalue weighted by atomic mass is 14.9. The highest BCUT2D eigenvalue weighted by Gasteiger charge is 2.05. The zero-order valence-electron chi connectivity index (χ0n) is 9.64. The van der Waals surface area contributed by atoms with Crippen molar-refractivity contribution >= 4 is 11.0 Å². The van der Waals surface area contributed by atoms with E-state index in [4.69, 9.17) is 0 Å². The third-order valence-electron chi connectivity index (χ3n) is 2.88. The molecule has 17 heavy (non-hydrogen) atoms. The third kappa shape index (κ3) is 1.91. The number of imidazole rings is 1. The van der Waals surface area contributed by atoms with Crippen LogP contribution >= 0.6 is 0 Å². The van der Waals surface area contributed by atoms with Crippen molar-refractivity contribution in [1.29, 1.82) is 0 Å². The molecule has 0 saturated heterocycles. The van der Waals surface area contributed by atoms with Gasteiger partial charge >= 0.3 is 0 Å². The van der Waals surface area contributed by atoms with Gasteiger partial charge in [-0.1, -0.05) is 12.1 Å². The molecule has 0 fully saturated rings. The maximum absolute atomic E-state index is 4.63. The van der Waals surface area contributed by atoms with E-state index in [0.717, 1.165) is 23.3 Å². The molecule has 0 aliphatic rings. The second-order valence-electron chi connectivity index (χ2n) is 4.19. The fourth-order valence-corrected chi connectivity index (χ4v) is 2.00. The predicted octanol–water partition coefficient (Wildman–Crippen LogP) is 2.86. The number of aromatic amines is 1. The fraction of sp³-hybridized carbons (Fsp3) is 0.143. The van der Waals surface area contributed by atoms with Gasteiger partial charge in [-0.2, -0.15) is 0 Å². The third-order valence-corrected chi connectivity index (χ3v) is 2.88. The molecule has 1 aromatic carbocycles. The lowest BCUT2D eigenvalue weighted by molar-refractivity contribution is 1.03. The van der Waals surface area contributed by atoms with Crippen LogP contribution in [0.2, 0.25) is 0 Å². The van der Waals surface area contributed by atoms with Crippen molar-refractivity contribution in [3.63, 3.8) is 0 Å². The zero-order valence-corrected chi connectivity index (χ0v) is 9.64. The van der Waals surface area contributed by atoms with Crippen molar-refractivity contribution in [3.05, 3.63) is 59.7 Å². The minimum Gasteiger partial charge on any atom is -0.342 e. The number of fused-ring (bicyclic) bond motifs is 1. The van der Waals surface area contributed by atoms with E-state index in [1.807, 2.05) is 30.6 Å². The number of nitrogens with one attached hydrogen (secondary N) is 1. The summed E-state index contributed by atoms with van der Waals surface area (Å²) in [5, 5.41) is 0. The average molecular weight is 223 g/mol. The standard InChI is InChI=1S/C14H13N3/c1-10-3-2-4-12-14(10)17-13(16-12)9-11-5-7-15-8-6-11/h2-8H,9H2,1H3,(H,16,17). The quantitative estimate of drug-likeness (QED) is 0.725. The van der Waals surface area contributed by atoms with E-state index in [-0.39, 0.29) is 0 Å². The van der Waals surface area contributed by atoms with Gasteiger partial charge in [-0.05, 0) is 36.2 Å². The van der Waals surface area contributed by atoms with Gasteiger partial charge in [0.1, 0.15) is 5.82 Å². The van der Waals surface area contributed by atoms with Gasteiger partial charge in [0.05, 0.1) is 11.0 Å². The van der Waals surface area contributed by atoms with Crippen LogP contribution in [0.4, 0.5) is 0 Å². The molecule has 84 valence electrons.